The Kier molecular flexibility index (Phi) is 6.26. The SMILES string of the molecule is CCn1cnnc1CC1CCCN(C(=O)CCc2ccc(OC)cc2)C1. The first-order valence-corrected chi connectivity index (χ1v) is 9.47. The van der Waals surface area contributed by atoms with Gasteiger partial charge >= 0.3 is 0 Å². The highest BCUT2D eigenvalue weighted by Gasteiger charge is 2.24. The summed E-state index contributed by atoms with van der Waals surface area (Å²) in [5, 5.41) is 8.25. The van der Waals surface area contributed by atoms with Crippen molar-refractivity contribution < 1.29 is 9.53 Å². The molecule has 2 heterocycles. The number of likely N-dealkylation sites (tertiary alicyclic amines) is 1. The van der Waals surface area contributed by atoms with E-state index in [1.54, 1.807) is 13.4 Å². The van der Waals surface area contributed by atoms with Crippen molar-refractivity contribution >= 4 is 5.91 Å². The molecule has 0 N–H and O–H groups in total. The molecule has 6 nitrogen and oxygen atoms in total. The monoisotopic (exact) mass is 356 g/mol. The molecular formula is C20H28N4O2. The lowest BCUT2D eigenvalue weighted by molar-refractivity contribution is -0.133. The lowest BCUT2D eigenvalue weighted by Gasteiger charge is -2.32. The molecule has 0 spiro atoms. The minimum Gasteiger partial charge on any atom is -0.497 e. The molecule has 1 atom stereocenters. The Morgan fingerprint density at radius 2 is 2.12 bits per heavy atom. The van der Waals surface area contributed by atoms with Crippen LogP contribution in [0.4, 0.5) is 0 Å². The van der Waals surface area contributed by atoms with Gasteiger partial charge in [0.2, 0.25) is 5.91 Å². The molecule has 26 heavy (non-hydrogen) atoms. The first-order chi connectivity index (χ1) is 12.7. The Balaban J connectivity index is 1.50. The minimum atomic E-state index is 0.252. The highest BCUT2D eigenvalue weighted by molar-refractivity contribution is 5.76. The van der Waals surface area contributed by atoms with E-state index in [0.29, 0.717) is 12.3 Å². The van der Waals surface area contributed by atoms with Gasteiger partial charge in [0.1, 0.15) is 17.9 Å². The zero-order valence-corrected chi connectivity index (χ0v) is 15.7. The average Bonchev–Trinajstić information content (AvgIpc) is 3.13. The molecule has 0 radical (unpaired) electrons. The predicted molar refractivity (Wildman–Crippen MR) is 100 cm³/mol. The van der Waals surface area contributed by atoms with Crippen LogP contribution < -0.4 is 4.74 Å². The van der Waals surface area contributed by atoms with Crippen molar-refractivity contribution in [2.75, 3.05) is 20.2 Å². The Hall–Kier alpha value is -2.37. The van der Waals surface area contributed by atoms with Crippen molar-refractivity contribution in [3.8, 4) is 5.75 Å². The quantitative estimate of drug-likeness (QED) is 0.765. The van der Waals surface area contributed by atoms with Crippen molar-refractivity contribution in [1.29, 1.82) is 0 Å². The van der Waals surface area contributed by atoms with Crippen LogP contribution in [0.25, 0.3) is 0 Å². The summed E-state index contributed by atoms with van der Waals surface area (Å²) in [6.45, 7) is 4.69. The van der Waals surface area contributed by atoms with Gasteiger partial charge in [0.15, 0.2) is 0 Å². The molecule has 0 bridgehead atoms. The van der Waals surface area contributed by atoms with E-state index in [0.717, 1.165) is 56.9 Å². The standard InChI is InChI=1S/C20H28N4O2/c1-3-23-15-21-22-19(23)13-17-5-4-12-24(14-17)20(25)11-8-16-6-9-18(26-2)10-7-16/h6-7,9-10,15,17H,3-5,8,11-14H2,1-2H3. The summed E-state index contributed by atoms with van der Waals surface area (Å²) in [4.78, 5) is 14.7. The number of hydrogen-bond acceptors (Lipinski definition) is 4. The second-order valence-electron chi connectivity index (χ2n) is 6.93. The topological polar surface area (TPSA) is 60.2 Å². The molecule has 1 aromatic carbocycles. The molecule has 140 valence electrons. The van der Waals surface area contributed by atoms with Crippen LogP contribution >= 0.6 is 0 Å². The molecule has 1 fully saturated rings. The van der Waals surface area contributed by atoms with E-state index in [1.807, 2.05) is 29.2 Å². The van der Waals surface area contributed by atoms with E-state index in [1.165, 1.54) is 5.56 Å². The molecule has 2 aromatic rings. The van der Waals surface area contributed by atoms with Crippen molar-refractivity contribution in [3.05, 3.63) is 42.0 Å². The van der Waals surface area contributed by atoms with Gasteiger partial charge in [-0.3, -0.25) is 4.79 Å². The van der Waals surface area contributed by atoms with Gasteiger partial charge in [-0.15, -0.1) is 10.2 Å². The molecule has 6 heteroatoms. The van der Waals surface area contributed by atoms with E-state index in [2.05, 4.69) is 21.7 Å². The van der Waals surface area contributed by atoms with E-state index in [9.17, 15) is 4.79 Å². The Bertz CT molecular complexity index is 711. The van der Waals surface area contributed by atoms with Crippen LogP contribution in [0, 0.1) is 5.92 Å². The van der Waals surface area contributed by atoms with E-state index >= 15 is 0 Å². The van der Waals surface area contributed by atoms with Gasteiger partial charge in [-0.1, -0.05) is 12.1 Å². The fraction of sp³-hybridized carbons (Fsp3) is 0.550. The molecule has 0 aliphatic carbocycles. The molecule has 1 aliphatic heterocycles. The Morgan fingerprint density at radius 3 is 2.85 bits per heavy atom. The predicted octanol–water partition coefficient (Wildman–Crippen LogP) is 2.72. The second kappa shape index (κ2) is 8.83. The van der Waals surface area contributed by atoms with Crippen molar-refractivity contribution in [3.63, 3.8) is 0 Å². The van der Waals surface area contributed by atoms with Crippen LogP contribution in [0.3, 0.4) is 0 Å². The first kappa shape index (κ1) is 18.4. The summed E-state index contributed by atoms with van der Waals surface area (Å²) in [6, 6.07) is 7.95. The molecular weight excluding hydrogens is 328 g/mol. The average molecular weight is 356 g/mol. The lowest BCUT2D eigenvalue weighted by Crippen LogP contribution is -2.40. The molecule has 1 amide bonds. The molecule has 1 unspecified atom stereocenters. The number of methoxy groups -OCH3 is 1. The summed E-state index contributed by atoms with van der Waals surface area (Å²) in [6.07, 6.45) is 6.24. The van der Waals surface area contributed by atoms with Crippen LogP contribution in [-0.4, -0.2) is 45.8 Å². The maximum Gasteiger partial charge on any atom is 0.222 e. The second-order valence-corrected chi connectivity index (χ2v) is 6.93. The third kappa shape index (κ3) is 4.62. The maximum atomic E-state index is 12.6. The molecule has 1 saturated heterocycles. The van der Waals surface area contributed by atoms with Crippen LogP contribution in [0.15, 0.2) is 30.6 Å². The van der Waals surface area contributed by atoms with Gasteiger partial charge in [0.05, 0.1) is 7.11 Å². The number of rotatable bonds is 7. The van der Waals surface area contributed by atoms with Crippen LogP contribution in [-0.2, 0) is 24.2 Å². The summed E-state index contributed by atoms with van der Waals surface area (Å²) < 4.78 is 7.26. The number of piperidine rings is 1. The van der Waals surface area contributed by atoms with Gasteiger partial charge in [0, 0.05) is 32.5 Å². The first-order valence-electron chi connectivity index (χ1n) is 9.47. The number of benzene rings is 1. The highest BCUT2D eigenvalue weighted by Crippen LogP contribution is 2.21. The summed E-state index contributed by atoms with van der Waals surface area (Å²) in [7, 11) is 1.66. The zero-order valence-electron chi connectivity index (χ0n) is 15.7. The van der Waals surface area contributed by atoms with Crippen LogP contribution in [0.2, 0.25) is 0 Å². The third-order valence-electron chi connectivity index (χ3n) is 5.17. The smallest absolute Gasteiger partial charge is 0.222 e. The number of carbonyl (C=O) groups is 1. The lowest BCUT2D eigenvalue weighted by atomic mass is 9.94. The number of ether oxygens (including phenoxy) is 1. The number of hydrogen-bond donors (Lipinski definition) is 0. The zero-order chi connectivity index (χ0) is 18.4. The Labute approximate surface area is 155 Å². The summed E-state index contributed by atoms with van der Waals surface area (Å²) in [5.41, 5.74) is 1.17. The fourth-order valence-corrected chi connectivity index (χ4v) is 3.62. The largest absolute Gasteiger partial charge is 0.497 e. The Morgan fingerprint density at radius 1 is 1.31 bits per heavy atom. The number of carbonyl (C=O) groups excluding carboxylic acids is 1. The summed E-state index contributed by atoms with van der Waals surface area (Å²) in [5.74, 6) is 2.61. The molecule has 1 aliphatic rings. The van der Waals surface area contributed by atoms with Gasteiger partial charge in [-0.2, -0.15) is 0 Å². The van der Waals surface area contributed by atoms with Crippen LogP contribution in [0.5, 0.6) is 5.75 Å². The van der Waals surface area contributed by atoms with E-state index in [4.69, 9.17) is 4.74 Å². The van der Waals surface area contributed by atoms with Gasteiger partial charge in [-0.05, 0) is 49.8 Å². The number of amides is 1. The van der Waals surface area contributed by atoms with E-state index in [-0.39, 0.29) is 5.91 Å². The van der Waals surface area contributed by atoms with Gasteiger partial charge in [0.25, 0.3) is 0 Å². The van der Waals surface area contributed by atoms with Gasteiger partial charge < -0.3 is 14.2 Å². The molecule has 3 rings (SSSR count). The number of aryl methyl sites for hydroxylation is 2. The number of aromatic nitrogens is 3. The van der Waals surface area contributed by atoms with Crippen LogP contribution in [0.1, 0.15) is 37.6 Å². The minimum absolute atomic E-state index is 0.252. The van der Waals surface area contributed by atoms with Crippen molar-refractivity contribution in [1.82, 2.24) is 19.7 Å². The molecule has 0 saturated carbocycles. The molecule has 1 aromatic heterocycles. The highest BCUT2D eigenvalue weighted by atomic mass is 16.5. The maximum absolute atomic E-state index is 12.6. The van der Waals surface area contributed by atoms with Crippen molar-refractivity contribution in [2.24, 2.45) is 5.92 Å². The summed E-state index contributed by atoms with van der Waals surface area (Å²) >= 11 is 0. The third-order valence-corrected chi connectivity index (χ3v) is 5.17. The normalized spacial score (nSPS) is 17.3. The number of nitrogens with zero attached hydrogens (tertiary/aromatic N) is 4. The van der Waals surface area contributed by atoms with Gasteiger partial charge in [-0.25, -0.2) is 0 Å². The fourth-order valence-electron chi connectivity index (χ4n) is 3.62. The van der Waals surface area contributed by atoms with E-state index < -0.39 is 0 Å². The van der Waals surface area contributed by atoms with Crippen molar-refractivity contribution in [2.45, 2.75) is 45.6 Å².